The van der Waals surface area contributed by atoms with Gasteiger partial charge in [0.25, 0.3) is 0 Å². The van der Waals surface area contributed by atoms with Gasteiger partial charge in [0, 0.05) is 0 Å². The van der Waals surface area contributed by atoms with Gasteiger partial charge in [0.05, 0.1) is 0 Å². The average molecular weight is 437 g/mol. The molecule has 0 amide bonds. The molecule has 0 spiro atoms. The summed E-state index contributed by atoms with van der Waals surface area (Å²) in [6.45, 7) is 0. The summed E-state index contributed by atoms with van der Waals surface area (Å²) in [6, 6.07) is 30.4. The molecule has 34 heavy (non-hydrogen) atoms. The molecule has 4 saturated carbocycles. The minimum Gasteiger partial charge on any atom is -0.0616 e. The first-order valence-electron chi connectivity index (χ1n) is 13.3. The van der Waals surface area contributed by atoms with Crippen molar-refractivity contribution in [1.82, 2.24) is 0 Å². The van der Waals surface area contributed by atoms with Crippen molar-refractivity contribution in [2.24, 2.45) is 17.8 Å². The molecule has 6 aromatic rings. The smallest absolute Gasteiger partial charge is 0.00139 e. The third-order valence-corrected chi connectivity index (χ3v) is 10.1. The zero-order valence-corrected chi connectivity index (χ0v) is 19.5. The summed E-state index contributed by atoms with van der Waals surface area (Å²) in [7, 11) is 0. The molecule has 4 fully saturated rings. The molecule has 0 atom stereocenters. The van der Waals surface area contributed by atoms with Gasteiger partial charge >= 0.3 is 0 Å². The highest BCUT2D eigenvalue weighted by Crippen LogP contribution is 2.63. The molecule has 0 nitrogen and oxygen atoms in total. The Kier molecular flexibility index (Phi) is 3.28. The summed E-state index contributed by atoms with van der Waals surface area (Å²) in [4.78, 5) is 0. The van der Waals surface area contributed by atoms with Crippen molar-refractivity contribution < 1.29 is 0 Å². The number of hydrogen-bond donors (Lipinski definition) is 0. The molecule has 0 N–H and O–H groups in total. The van der Waals surface area contributed by atoms with Gasteiger partial charge in [-0.2, -0.15) is 0 Å². The zero-order valence-electron chi connectivity index (χ0n) is 19.5. The standard InChI is InChI=1S/C34H28/c1-2-9-27-26(8-1)31-28-12-4-7-23-6-3-10-24(30(23)28)25-11-5-13-29(32(25)31)33(27)34-17-20-14-21(18-34)16-22(15-20)19-34/h1-13,20-22H,14-19H2. The lowest BCUT2D eigenvalue weighted by Gasteiger charge is -2.57. The number of hydrogen-bond acceptors (Lipinski definition) is 0. The van der Waals surface area contributed by atoms with Crippen molar-refractivity contribution in [3.63, 3.8) is 0 Å². The largest absolute Gasteiger partial charge is 0.0616 e. The first-order chi connectivity index (χ1) is 16.8. The minimum absolute atomic E-state index is 0.370. The average Bonchev–Trinajstić information content (AvgIpc) is 2.85. The van der Waals surface area contributed by atoms with Crippen LogP contribution >= 0.6 is 0 Å². The topological polar surface area (TPSA) is 0 Å². The van der Waals surface area contributed by atoms with Crippen molar-refractivity contribution in [3.05, 3.63) is 84.4 Å². The summed E-state index contributed by atoms with van der Waals surface area (Å²) in [6.07, 6.45) is 8.71. The molecule has 10 rings (SSSR count). The van der Waals surface area contributed by atoms with E-state index in [1.807, 2.05) is 0 Å². The number of benzene rings is 6. The van der Waals surface area contributed by atoms with E-state index in [1.54, 1.807) is 10.9 Å². The van der Waals surface area contributed by atoms with Crippen molar-refractivity contribution >= 4 is 53.9 Å². The van der Waals surface area contributed by atoms with E-state index in [4.69, 9.17) is 0 Å². The second-order valence-electron chi connectivity index (χ2n) is 11.9. The predicted octanol–water partition coefficient (Wildman–Crippen LogP) is 9.36. The van der Waals surface area contributed by atoms with Crippen LogP contribution in [-0.2, 0) is 5.41 Å². The van der Waals surface area contributed by atoms with E-state index in [2.05, 4.69) is 78.9 Å². The Morgan fingerprint density at radius 1 is 0.441 bits per heavy atom. The van der Waals surface area contributed by atoms with Gasteiger partial charge in [-0.05, 0) is 121 Å². The van der Waals surface area contributed by atoms with E-state index in [0.29, 0.717) is 5.41 Å². The lowest BCUT2D eigenvalue weighted by atomic mass is 9.47. The molecule has 4 bridgehead atoms. The molecule has 0 unspecified atom stereocenters. The van der Waals surface area contributed by atoms with Crippen LogP contribution in [0.3, 0.4) is 0 Å². The molecule has 6 aromatic carbocycles. The third kappa shape index (κ3) is 2.12. The quantitative estimate of drug-likeness (QED) is 0.178. The normalized spacial score (nSPS) is 28.3. The van der Waals surface area contributed by atoms with E-state index in [1.165, 1.54) is 87.0 Å². The molecule has 164 valence electrons. The van der Waals surface area contributed by atoms with Crippen LogP contribution in [0, 0.1) is 17.8 Å². The van der Waals surface area contributed by atoms with Crippen LogP contribution in [0.25, 0.3) is 53.9 Å². The lowest BCUT2D eigenvalue weighted by Crippen LogP contribution is -2.48. The summed E-state index contributed by atoms with van der Waals surface area (Å²) in [5.41, 5.74) is 2.07. The Bertz CT molecular complexity index is 1740. The SMILES string of the molecule is c1ccc2c(c1)c(C13CC4CC(CC(C4)C1)C3)c1cccc3c4cccc5cccc(c54)c2c13. The van der Waals surface area contributed by atoms with Crippen molar-refractivity contribution in [2.75, 3.05) is 0 Å². The Balaban J connectivity index is 1.55. The molecule has 0 heterocycles. The molecule has 0 radical (unpaired) electrons. The maximum Gasteiger partial charge on any atom is -0.00139 e. The minimum atomic E-state index is 0.370. The molecule has 0 aromatic heterocycles. The highest BCUT2D eigenvalue weighted by Gasteiger charge is 2.52. The van der Waals surface area contributed by atoms with Crippen LogP contribution in [0.4, 0.5) is 0 Å². The Morgan fingerprint density at radius 2 is 0.912 bits per heavy atom. The second kappa shape index (κ2) is 6.11. The van der Waals surface area contributed by atoms with E-state index in [9.17, 15) is 0 Å². The number of fused-ring (bicyclic) bond motifs is 4. The van der Waals surface area contributed by atoms with Crippen LogP contribution in [0.15, 0.2) is 78.9 Å². The van der Waals surface area contributed by atoms with E-state index in [0.717, 1.165) is 17.8 Å². The third-order valence-electron chi connectivity index (χ3n) is 10.1. The fourth-order valence-corrected chi connectivity index (χ4v) is 9.50. The summed E-state index contributed by atoms with van der Waals surface area (Å²) >= 11 is 0. The van der Waals surface area contributed by atoms with Crippen molar-refractivity contribution in [3.8, 4) is 0 Å². The van der Waals surface area contributed by atoms with Gasteiger partial charge in [-0.3, -0.25) is 0 Å². The molecule has 0 aliphatic heterocycles. The van der Waals surface area contributed by atoms with E-state index >= 15 is 0 Å². The molecule has 4 aliphatic rings. The molecular formula is C34H28. The fraction of sp³-hybridized carbons (Fsp3) is 0.294. The predicted molar refractivity (Wildman–Crippen MR) is 145 cm³/mol. The molecule has 0 saturated heterocycles. The van der Waals surface area contributed by atoms with Crippen molar-refractivity contribution in [2.45, 2.75) is 43.9 Å². The van der Waals surface area contributed by atoms with Gasteiger partial charge in [-0.15, -0.1) is 0 Å². The maximum atomic E-state index is 2.47. The highest BCUT2D eigenvalue weighted by molar-refractivity contribution is 6.38. The lowest BCUT2D eigenvalue weighted by molar-refractivity contribution is -0.00382. The van der Waals surface area contributed by atoms with Crippen molar-refractivity contribution in [1.29, 1.82) is 0 Å². The van der Waals surface area contributed by atoms with E-state index in [-0.39, 0.29) is 0 Å². The maximum absolute atomic E-state index is 2.47. The molecule has 0 heteroatoms. The number of rotatable bonds is 1. The van der Waals surface area contributed by atoms with Gasteiger partial charge in [0.15, 0.2) is 0 Å². The van der Waals surface area contributed by atoms with Gasteiger partial charge in [-0.1, -0.05) is 78.9 Å². The van der Waals surface area contributed by atoms with Crippen LogP contribution in [0.5, 0.6) is 0 Å². The molecule has 4 aliphatic carbocycles. The van der Waals surface area contributed by atoms with Gasteiger partial charge in [-0.25, -0.2) is 0 Å². The first kappa shape index (κ1) is 18.2. The highest BCUT2D eigenvalue weighted by atomic mass is 14.6. The van der Waals surface area contributed by atoms with Crippen LogP contribution < -0.4 is 0 Å². The Hall–Kier alpha value is -3.12. The summed E-state index contributed by atoms with van der Waals surface area (Å²) < 4.78 is 0. The van der Waals surface area contributed by atoms with E-state index < -0.39 is 0 Å². The summed E-state index contributed by atoms with van der Waals surface area (Å²) in [5.74, 6) is 2.85. The zero-order chi connectivity index (χ0) is 22.0. The van der Waals surface area contributed by atoms with Crippen LogP contribution in [0.2, 0.25) is 0 Å². The van der Waals surface area contributed by atoms with Crippen LogP contribution in [-0.4, -0.2) is 0 Å². The fourth-order valence-electron chi connectivity index (χ4n) is 9.50. The Morgan fingerprint density at radius 3 is 1.62 bits per heavy atom. The second-order valence-corrected chi connectivity index (χ2v) is 11.9. The molecular weight excluding hydrogens is 408 g/mol. The first-order valence-corrected chi connectivity index (χ1v) is 13.3. The van der Waals surface area contributed by atoms with Crippen LogP contribution in [0.1, 0.15) is 44.1 Å². The van der Waals surface area contributed by atoms with Gasteiger partial charge < -0.3 is 0 Å². The monoisotopic (exact) mass is 436 g/mol. The Labute approximate surface area is 199 Å². The van der Waals surface area contributed by atoms with Gasteiger partial charge in [0.2, 0.25) is 0 Å². The summed E-state index contributed by atoms with van der Waals surface area (Å²) in [5, 5.41) is 14.6. The van der Waals surface area contributed by atoms with Gasteiger partial charge in [0.1, 0.15) is 0 Å².